The van der Waals surface area contributed by atoms with E-state index in [1.807, 2.05) is 0 Å². The van der Waals surface area contributed by atoms with E-state index in [9.17, 15) is 9.59 Å². The molecule has 6 nitrogen and oxygen atoms in total. The molecule has 0 saturated carbocycles. The van der Waals surface area contributed by atoms with Crippen LogP contribution in [0.5, 0.6) is 0 Å². The van der Waals surface area contributed by atoms with Crippen LogP contribution in [0.4, 0.5) is 4.79 Å². The first kappa shape index (κ1) is 14.8. The summed E-state index contributed by atoms with van der Waals surface area (Å²) in [5.41, 5.74) is 0. The Morgan fingerprint density at radius 2 is 1.78 bits per heavy atom. The molecule has 0 radical (unpaired) electrons. The molecule has 0 aliphatic carbocycles. The van der Waals surface area contributed by atoms with Gasteiger partial charge in [0, 0.05) is 32.2 Å². The van der Waals surface area contributed by atoms with Gasteiger partial charge in [0.05, 0.1) is 13.7 Å². The largest absolute Gasteiger partial charge is 0.453 e. The summed E-state index contributed by atoms with van der Waals surface area (Å²) in [7, 11) is 1.37. The van der Waals surface area contributed by atoms with Crippen molar-refractivity contribution in [2.75, 3.05) is 39.8 Å². The Morgan fingerprint density at radius 1 is 1.22 bits per heavy atom. The molecule has 0 aromatic heterocycles. The SMILES string of the molecule is CCC(C)NCC(=O)N1CCN(C(=O)OC)CC1. The highest BCUT2D eigenvalue weighted by Gasteiger charge is 2.24. The number of methoxy groups -OCH3 is 1. The average Bonchev–Trinajstić information content (AvgIpc) is 2.43. The lowest BCUT2D eigenvalue weighted by molar-refractivity contribution is -0.131. The molecule has 18 heavy (non-hydrogen) atoms. The van der Waals surface area contributed by atoms with Crippen molar-refractivity contribution >= 4 is 12.0 Å². The Balaban J connectivity index is 2.29. The Bertz CT molecular complexity index is 288. The number of rotatable bonds is 4. The van der Waals surface area contributed by atoms with Crippen LogP contribution in [0.25, 0.3) is 0 Å². The van der Waals surface area contributed by atoms with Crippen LogP contribution in [0.15, 0.2) is 0 Å². The van der Waals surface area contributed by atoms with Gasteiger partial charge in [0.1, 0.15) is 0 Å². The van der Waals surface area contributed by atoms with Crippen LogP contribution < -0.4 is 5.32 Å². The third-order valence-electron chi connectivity index (χ3n) is 3.28. The number of hydrogen-bond donors (Lipinski definition) is 1. The monoisotopic (exact) mass is 257 g/mol. The van der Waals surface area contributed by atoms with E-state index in [1.54, 1.807) is 9.80 Å². The maximum absolute atomic E-state index is 11.9. The Labute approximate surface area is 108 Å². The second-order valence-corrected chi connectivity index (χ2v) is 4.53. The maximum atomic E-state index is 11.9. The molecule has 1 saturated heterocycles. The summed E-state index contributed by atoms with van der Waals surface area (Å²) >= 11 is 0. The topological polar surface area (TPSA) is 61.9 Å². The predicted molar refractivity (Wildman–Crippen MR) is 68.3 cm³/mol. The molecule has 1 atom stereocenters. The van der Waals surface area contributed by atoms with Crippen molar-refractivity contribution in [3.63, 3.8) is 0 Å². The molecule has 1 aliphatic rings. The zero-order chi connectivity index (χ0) is 13.5. The lowest BCUT2D eigenvalue weighted by Crippen LogP contribution is -2.52. The van der Waals surface area contributed by atoms with Crippen molar-refractivity contribution in [2.24, 2.45) is 0 Å². The molecule has 0 bridgehead atoms. The lowest BCUT2D eigenvalue weighted by atomic mass is 10.2. The van der Waals surface area contributed by atoms with Crippen LogP contribution in [0.2, 0.25) is 0 Å². The van der Waals surface area contributed by atoms with Gasteiger partial charge in [0.2, 0.25) is 5.91 Å². The fourth-order valence-electron chi connectivity index (χ4n) is 1.79. The van der Waals surface area contributed by atoms with Gasteiger partial charge >= 0.3 is 6.09 Å². The smallest absolute Gasteiger partial charge is 0.409 e. The van der Waals surface area contributed by atoms with Gasteiger partial charge < -0.3 is 19.9 Å². The average molecular weight is 257 g/mol. The molecule has 1 unspecified atom stereocenters. The number of ether oxygens (including phenoxy) is 1. The molecular weight excluding hydrogens is 234 g/mol. The highest BCUT2D eigenvalue weighted by atomic mass is 16.5. The third-order valence-corrected chi connectivity index (χ3v) is 3.28. The molecule has 0 aromatic rings. The Morgan fingerprint density at radius 3 is 2.28 bits per heavy atom. The Kier molecular flexibility index (Phi) is 5.91. The number of piperazine rings is 1. The summed E-state index contributed by atoms with van der Waals surface area (Å²) in [6.07, 6.45) is 0.684. The van der Waals surface area contributed by atoms with Gasteiger partial charge in [-0.15, -0.1) is 0 Å². The van der Waals surface area contributed by atoms with E-state index in [4.69, 9.17) is 0 Å². The van der Waals surface area contributed by atoms with Crippen LogP contribution in [0, 0.1) is 0 Å². The van der Waals surface area contributed by atoms with Gasteiger partial charge in [-0.05, 0) is 13.3 Å². The second-order valence-electron chi connectivity index (χ2n) is 4.53. The molecule has 1 heterocycles. The summed E-state index contributed by atoms with van der Waals surface area (Å²) in [6, 6.07) is 0.352. The number of nitrogens with zero attached hydrogens (tertiary/aromatic N) is 2. The van der Waals surface area contributed by atoms with Crippen LogP contribution in [0.3, 0.4) is 0 Å². The van der Waals surface area contributed by atoms with Crippen molar-refractivity contribution in [3.8, 4) is 0 Å². The molecule has 1 fully saturated rings. The highest BCUT2D eigenvalue weighted by molar-refractivity contribution is 5.78. The van der Waals surface area contributed by atoms with Crippen molar-refractivity contribution in [1.29, 1.82) is 0 Å². The summed E-state index contributed by atoms with van der Waals surface area (Å²) in [5, 5.41) is 3.18. The molecule has 0 spiro atoms. The summed E-state index contributed by atoms with van der Waals surface area (Å²) in [6.45, 7) is 6.75. The zero-order valence-corrected chi connectivity index (χ0v) is 11.4. The van der Waals surface area contributed by atoms with Gasteiger partial charge in [0.15, 0.2) is 0 Å². The fourth-order valence-corrected chi connectivity index (χ4v) is 1.79. The van der Waals surface area contributed by atoms with Crippen LogP contribution >= 0.6 is 0 Å². The minimum Gasteiger partial charge on any atom is -0.453 e. The molecular formula is C12H23N3O3. The molecule has 1 rings (SSSR count). The Hall–Kier alpha value is -1.30. The van der Waals surface area contributed by atoms with E-state index < -0.39 is 0 Å². The number of nitrogens with one attached hydrogen (secondary N) is 1. The number of carbonyl (C=O) groups is 2. The lowest BCUT2D eigenvalue weighted by Gasteiger charge is -2.34. The summed E-state index contributed by atoms with van der Waals surface area (Å²) in [5.74, 6) is 0.0971. The highest BCUT2D eigenvalue weighted by Crippen LogP contribution is 2.03. The van der Waals surface area contributed by atoms with Gasteiger partial charge in [0.25, 0.3) is 0 Å². The van der Waals surface area contributed by atoms with E-state index in [2.05, 4.69) is 23.9 Å². The van der Waals surface area contributed by atoms with Gasteiger partial charge in [-0.25, -0.2) is 4.79 Å². The molecule has 1 N–H and O–H groups in total. The van der Waals surface area contributed by atoms with E-state index in [0.29, 0.717) is 38.8 Å². The van der Waals surface area contributed by atoms with E-state index in [-0.39, 0.29) is 12.0 Å². The molecule has 2 amide bonds. The van der Waals surface area contributed by atoms with Crippen LogP contribution in [0.1, 0.15) is 20.3 Å². The first-order chi connectivity index (χ1) is 8.58. The van der Waals surface area contributed by atoms with Crippen molar-refractivity contribution in [1.82, 2.24) is 15.1 Å². The van der Waals surface area contributed by atoms with Crippen molar-refractivity contribution in [2.45, 2.75) is 26.3 Å². The van der Waals surface area contributed by atoms with Crippen molar-refractivity contribution in [3.05, 3.63) is 0 Å². The number of hydrogen-bond acceptors (Lipinski definition) is 4. The fraction of sp³-hybridized carbons (Fsp3) is 0.833. The molecule has 0 aromatic carbocycles. The third kappa shape index (κ3) is 4.18. The molecule has 1 aliphatic heterocycles. The first-order valence-corrected chi connectivity index (χ1v) is 6.42. The van der Waals surface area contributed by atoms with Gasteiger partial charge in [-0.3, -0.25) is 4.79 Å². The van der Waals surface area contributed by atoms with Gasteiger partial charge in [-0.2, -0.15) is 0 Å². The first-order valence-electron chi connectivity index (χ1n) is 6.42. The number of carbonyl (C=O) groups excluding carboxylic acids is 2. The van der Waals surface area contributed by atoms with E-state index in [1.165, 1.54) is 7.11 Å². The molecule has 104 valence electrons. The standard InChI is InChI=1S/C12H23N3O3/c1-4-10(2)13-9-11(16)14-5-7-15(8-6-14)12(17)18-3/h10,13H,4-9H2,1-3H3. The van der Waals surface area contributed by atoms with Crippen LogP contribution in [-0.2, 0) is 9.53 Å². The van der Waals surface area contributed by atoms with E-state index in [0.717, 1.165) is 6.42 Å². The summed E-state index contributed by atoms with van der Waals surface area (Å²) < 4.78 is 4.65. The number of amides is 2. The maximum Gasteiger partial charge on any atom is 0.409 e. The zero-order valence-electron chi connectivity index (χ0n) is 11.4. The van der Waals surface area contributed by atoms with Gasteiger partial charge in [-0.1, -0.05) is 6.92 Å². The molecule has 6 heteroatoms. The van der Waals surface area contributed by atoms with E-state index >= 15 is 0 Å². The predicted octanol–water partition coefficient (Wildman–Crippen LogP) is 0.285. The quantitative estimate of drug-likeness (QED) is 0.786. The minimum atomic E-state index is -0.320. The van der Waals surface area contributed by atoms with Crippen molar-refractivity contribution < 1.29 is 14.3 Å². The summed E-state index contributed by atoms with van der Waals surface area (Å²) in [4.78, 5) is 26.6. The second kappa shape index (κ2) is 7.20. The normalized spacial score (nSPS) is 17.5. The minimum absolute atomic E-state index is 0.0971. The van der Waals surface area contributed by atoms with Crippen LogP contribution in [-0.4, -0.2) is 67.7 Å².